The van der Waals surface area contributed by atoms with Crippen LogP contribution in [0.5, 0.6) is 0 Å². The number of nitrogens with zero attached hydrogens (tertiary/aromatic N) is 6. The van der Waals surface area contributed by atoms with E-state index in [0.717, 1.165) is 37.3 Å². The molecule has 1 saturated heterocycles. The van der Waals surface area contributed by atoms with Gasteiger partial charge in [0, 0.05) is 75.5 Å². The number of hydrogen-bond donors (Lipinski definition) is 1. The molecule has 0 radical (unpaired) electrons. The fraction of sp³-hybridized carbons (Fsp3) is 0.400. The van der Waals surface area contributed by atoms with E-state index in [2.05, 4.69) is 70.6 Å². The molecule has 1 N–H and O–H groups in total. The van der Waals surface area contributed by atoms with Crippen LogP contribution >= 0.6 is 0 Å². The number of rotatable bonds is 6. The Bertz CT molecular complexity index is 1170. The van der Waals surface area contributed by atoms with Gasteiger partial charge in [-0.1, -0.05) is 6.58 Å². The normalized spacial score (nSPS) is 14.7. The van der Waals surface area contributed by atoms with Gasteiger partial charge in [0.2, 0.25) is 5.95 Å². The van der Waals surface area contributed by atoms with E-state index in [9.17, 15) is 4.79 Å². The zero-order chi connectivity index (χ0) is 23.7. The summed E-state index contributed by atoms with van der Waals surface area (Å²) in [5, 5.41) is 4.10. The van der Waals surface area contributed by atoms with Crippen LogP contribution in [0.3, 0.4) is 0 Å². The first-order valence-corrected chi connectivity index (χ1v) is 11.4. The van der Waals surface area contributed by atoms with Gasteiger partial charge >= 0.3 is 0 Å². The Morgan fingerprint density at radius 2 is 1.91 bits per heavy atom. The topological polar surface area (TPSA) is 69.5 Å². The monoisotopic (exact) mass is 447 g/mol. The number of nitrogens with one attached hydrogen (secondary N) is 1. The van der Waals surface area contributed by atoms with Gasteiger partial charge in [0.05, 0.1) is 0 Å². The second-order valence-corrected chi connectivity index (χ2v) is 9.00. The highest BCUT2D eigenvalue weighted by Crippen LogP contribution is 2.27. The lowest BCUT2D eigenvalue weighted by atomic mass is 10.1. The van der Waals surface area contributed by atoms with Crippen molar-refractivity contribution in [2.24, 2.45) is 0 Å². The van der Waals surface area contributed by atoms with Crippen LogP contribution in [0.2, 0.25) is 0 Å². The summed E-state index contributed by atoms with van der Waals surface area (Å²) in [5.41, 5.74) is 4.57. The molecular formula is C25H33N7O. The molecule has 0 atom stereocenters. The minimum absolute atomic E-state index is 0.108. The van der Waals surface area contributed by atoms with Crippen LogP contribution in [0.4, 0.5) is 17.3 Å². The highest BCUT2D eigenvalue weighted by molar-refractivity contribution is 5.98. The van der Waals surface area contributed by atoms with Gasteiger partial charge in [-0.05, 0) is 50.6 Å². The second kappa shape index (κ2) is 9.23. The molecule has 0 spiro atoms. The van der Waals surface area contributed by atoms with Crippen molar-refractivity contribution in [2.75, 3.05) is 50.5 Å². The first kappa shape index (κ1) is 22.8. The van der Waals surface area contributed by atoms with E-state index < -0.39 is 0 Å². The Morgan fingerprint density at radius 3 is 2.52 bits per heavy atom. The number of aromatic nitrogens is 3. The van der Waals surface area contributed by atoms with Crippen LogP contribution in [-0.4, -0.2) is 76.6 Å². The molecule has 0 saturated carbocycles. The van der Waals surface area contributed by atoms with E-state index in [1.807, 2.05) is 0 Å². The van der Waals surface area contributed by atoms with Crippen molar-refractivity contribution in [2.45, 2.75) is 26.8 Å². The molecule has 4 rings (SSSR count). The summed E-state index contributed by atoms with van der Waals surface area (Å²) < 4.78 is 1.70. The lowest BCUT2D eigenvalue weighted by Gasteiger charge is -2.38. The van der Waals surface area contributed by atoms with Gasteiger partial charge in [0.15, 0.2) is 0 Å². The second-order valence-electron chi connectivity index (χ2n) is 9.00. The van der Waals surface area contributed by atoms with Gasteiger partial charge in [0.1, 0.15) is 11.3 Å². The average Bonchev–Trinajstić information content (AvgIpc) is 3.16. The molecule has 0 aliphatic carbocycles. The summed E-state index contributed by atoms with van der Waals surface area (Å²) in [5.74, 6) is 0.369. The van der Waals surface area contributed by atoms with E-state index in [1.165, 1.54) is 16.2 Å². The molecule has 8 heteroatoms. The van der Waals surface area contributed by atoms with Gasteiger partial charge < -0.3 is 15.1 Å². The molecule has 0 bridgehead atoms. The summed E-state index contributed by atoms with van der Waals surface area (Å²) >= 11 is 0. The number of fused-ring (bicyclic) bond motifs is 1. The summed E-state index contributed by atoms with van der Waals surface area (Å²) in [6.07, 6.45) is 3.33. The van der Waals surface area contributed by atoms with Gasteiger partial charge in [-0.25, -0.2) is 4.98 Å². The fourth-order valence-corrected chi connectivity index (χ4v) is 4.34. The predicted molar refractivity (Wildman–Crippen MR) is 135 cm³/mol. The van der Waals surface area contributed by atoms with Crippen molar-refractivity contribution in [1.29, 1.82) is 0 Å². The number of amides is 1. The molecule has 1 amide bonds. The number of benzene rings is 1. The zero-order valence-electron chi connectivity index (χ0n) is 20.2. The molecule has 8 nitrogen and oxygen atoms in total. The third-order valence-corrected chi connectivity index (χ3v) is 6.22. The van der Waals surface area contributed by atoms with Crippen molar-refractivity contribution in [3.05, 3.63) is 48.3 Å². The Morgan fingerprint density at radius 1 is 1.18 bits per heavy atom. The summed E-state index contributed by atoms with van der Waals surface area (Å²) in [4.78, 5) is 28.1. The van der Waals surface area contributed by atoms with Gasteiger partial charge in [-0.2, -0.15) is 4.98 Å². The van der Waals surface area contributed by atoms with E-state index in [0.29, 0.717) is 23.3 Å². The molecule has 1 aromatic carbocycles. The van der Waals surface area contributed by atoms with E-state index >= 15 is 0 Å². The maximum atomic E-state index is 12.5. The van der Waals surface area contributed by atoms with Gasteiger partial charge in [-0.3, -0.25) is 14.3 Å². The van der Waals surface area contributed by atoms with Crippen LogP contribution in [0, 0.1) is 6.92 Å². The Balaban J connectivity index is 1.54. The highest BCUT2D eigenvalue weighted by Gasteiger charge is 2.20. The van der Waals surface area contributed by atoms with Crippen molar-refractivity contribution in [3.8, 4) is 0 Å². The Labute approximate surface area is 195 Å². The smallest absolute Gasteiger partial charge is 0.270 e. The standard InChI is InChI=1S/C25H33N7O/c1-7-32-22(24(33)29(5)6)15-19-16-26-25(28-23(19)32)27-20-8-9-21(18(4)14-20)31-12-10-30(11-13-31)17(2)3/h7-9,14-17H,1,10-13H2,2-6H3,(H,26,27,28). The predicted octanol–water partition coefficient (Wildman–Crippen LogP) is 3.82. The van der Waals surface area contributed by atoms with E-state index in [4.69, 9.17) is 0 Å². The number of carbonyl (C=O) groups excluding carboxylic acids is 1. The van der Waals surface area contributed by atoms with Crippen LogP contribution in [-0.2, 0) is 0 Å². The first-order valence-electron chi connectivity index (χ1n) is 11.4. The average molecular weight is 448 g/mol. The van der Waals surface area contributed by atoms with Crippen LogP contribution in [0.1, 0.15) is 29.9 Å². The first-order chi connectivity index (χ1) is 15.8. The summed E-state index contributed by atoms with van der Waals surface area (Å²) in [7, 11) is 3.45. The Hall–Kier alpha value is -3.39. The quantitative estimate of drug-likeness (QED) is 0.620. The fourth-order valence-electron chi connectivity index (χ4n) is 4.34. The third-order valence-electron chi connectivity index (χ3n) is 6.22. The lowest BCUT2D eigenvalue weighted by Crippen LogP contribution is -2.49. The molecule has 3 heterocycles. The molecule has 0 unspecified atom stereocenters. The lowest BCUT2D eigenvalue weighted by molar-refractivity contribution is 0.0821. The molecule has 33 heavy (non-hydrogen) atoms. The molecule has 1 aliphatic heterocycles. The SMILES string of the molecule is C=Cn1c(C(=O)N(C)C)cc2cnc(Nc3ccc(N4CCN(C(C)C)CC4)c(C)c3)nc21. The summed E-state index contributed by atoms with van der Waals surface area (Å²) in [6.45, 7) is 14.8. The van der Waals surface area contributed by atoms with Gasteiger partial charge in [-0.15, -0.1) is 0 Å². The minimum Gasteiger partial charge on any atom is -0.369 e. The number of anilines is 3. The van der Waals surface area contributed by atoms with Crippen LogP contribution < -0.4 is 10.2 Å². The molecule has 2 aromatic heterocycles. The van der Waals surface area contributed by atoms with E-state index in [-0.39, 0.29) is 5.91 Å². The van der Waals surface area contributed by atoms with Crippen molar-refractivity contribution in [3.63, 3.8) is 0 Å². The minimum atomic E-state index is -0.108. The number of hydrogen-bond acceptors (Lipinski definition) is 6. The van der Waals surface area contributed by atoms with Crippen molar-refractivity contribution < 1.29 is 4.79 Å². The maximum absolute atomic E-state index is 12.5. The largest absolute Gasteiger partial charge is 0.369 e. The molecule has 1 aliphatic rings. The van der Waals surface area contributed by atoms with Crippen LogP contribution in [0.15, 0.2) is 37.0 Å². The maximum Gasteiger partial charge on any atom is 0.270 e. The Kier molecular flexibility index (Phi) is 6.37. The van der Waals surface area contributed by atoms with Gasteiger partial charge in [0.25, 0.3) is 5.91 Å². The molecule has 3 aromatic rings. The van der Waals surface area contributed by atoms with Crippen molar-refractivity contribution in [1.82, 2.24) is 24.3 Å². The highest BCUT2D eigenvalue weighted by atomic mass is 16.2. The van der Waals surface area contributed by atoms with E-state index in [1.54, 1.807) is 37.1 Å². The number of piperazine rings is 1. The molecular weight excluding hydrogens is 414 g/mol. The molecule has 174 valence electrons. The number of aryl methyl sites for hydroxylation is 1. The number of carbonyl (C=O) groups is 1. The zero-order valence-corrected chi connectivity index (χ0v) is 20.2. The molecule has 1 fully saturated rings. The summed E-state index contributed by atoms with van der Waals surface area (Å²) in [6, 6.07) is 8.75. The third kappa shape index (κ3) is 4.57. The van der Waals surface area contributed by atoms with Crippen LogP contribution in [0.25, 0.3) is 17.2 Å². The van der Waals surface area contributed by atoms with Crippen molar-refractivity contribution >= 4 is 40.5 Å².